The summed E-state index contributed by atoms with van der Waals surface area (Å²) >= 11 is 0. The molecular formula is C15H16F3N7. The first-order chi connectivity index (χ1) is 11.9. The molecule has 7 nitrogen and oxygen atoms in total. The molecule has 0 N–H and O–H groups in total. The molecule has 0 amide bonds. The van der Waals surface area contributed by atoms with Crippen molar-refractivity contribution >= 4 is 11.5 Å². The lowest BCUT2D eigenvalue weighted by Gasteiger charge is -2.33. The van der Waals surface area contributed by atoms with E-state index in [0.717, 1.165) is 31.3 Å². The number of hydrogen-bond donors (Lipinski definition) is 0. The zero-order valence-corrected chi connectivity index (χ0v) is 13.5. The number of aromatic nitrogens is 6. The summed E-state index contributed by atoms with van der Waals surface area (Å²) in [7, 11) is 0. The highest BCUT2D eigenvalue weighted by atomic mass is 19.4. The van der Waals surface area contributed by atoms with E-state index in [2.05, 4.69) is 25.3 Å². The molecule has 3 aromatic heterocycles. The van der Waals surface area contributed by atoms with Gasteiger partial charge >= 0.3 is 6.18 Å². The van der Waals surface area contributed by atoms with Gasteiger partial charge in [0.25, 0.3) is 0 Å². The molecule has 4 heterocycles. The molecule has 10 heteroatoms. The molecule has 132 valence electrons. The zero-order chi connectivity index (χ0) is 17.6. The van der Waals surface area contributed by atoms with Gasteiger partial charge in [0.2, 0.25) is 0 Å². The van der Waals surface area contributed by atoms with E-state index in [9.17, 15) is 13.2 Å². The van der Waals surface area contributed by atoms with Crippen LogP contribution in [0.1, 0.15) is 30.4 Å². The number of rotatable bonds is 2. The second kappa shape index (κ2) is 5.71. The maximum Gasteiger partial charge on any atom is 0.435 e. The summed E-state index contributed by atoms with van der Waals surface area (Å²) in [5.41, 5.74) is -0.194. The molecule has 1 saturated heterocycles. The molecule has 25 heavy (non-hydrogen) atoms. The number of alkyl halides is 3. The van der Waals surface area contributed by atoms with Crippen LogP contribution in [0.15, 0.2) is 24.4 Å². The molecule has 0 bridgehead atoms. The Balaban J connectivity index is 1.57. The van der Waals surface area contributed by atoms with Crippen LogP contribution in [0.2, 0.25) is 0 Å². The first-order valence-corrected chi connectivity index (χ1v) is 7.98. The predicted octanol–water partition coefficient (Wildman–Crippen LogP) is 2.49. The third kappa shape index (κ3) is 2.92. The summed E-state index contributed by atoms with van der Waals surface area (Å²) in [6.45, 7) is 3.17. The molecule has 1 atom stereocenters. The minimum atomic E-state index is -4.42. The van der Waals surface area contributed by atoms with Crippen LogP contribution in [0.3, 0.4) is 0 Å². The lowest BCUT2D eigenvalue weighted by molar-refractivity contribution is -0.141. The van der Waals surface area contributed by atoms with Crippen molar-refractivity contribution in [1.82, 2.24) is 29.6 Å². The Morgan fingerprint density at radius 2 is 1.96 bits per heavy atom. The van der Waals surface area contributed by atoms with Gasteiger partial charge < -0.3 is 4.90 Å². The monoisotopic (exact) mass is 351 g/mol. The van der Waals surface area contributed by atoms with Crippen LogP contribution in [-0.4, -0.2) is 42.7 Å². The normalized spacial score (nSPS) is 18.9. The van der Waals surface area contributed by atoms with Gasteiger partial charge in [0, 0.05) is 19.3 Å². The van der Waals surface area contributed by atoms with Crippen molar-refractivity contribution in [2.45, 2.75) is 32.0 Å². The van der Waals surface area contributed by atoms with Gasteiger partial charge in [0.05, 0.1) is 6.04 Å². The van der Waals surface area contributed by atoms with Crippen LogP contribution >= 0.6 is 0 Å². The highest BCUT2D eigenvalue weighted by molar-refractivity contribution is 5.46. The Kier molecular flexibility index (Phi) is 3.62. The molecule has 4 rings (SSSR count). The van der Waals surface area contributed by atoms with Crippen molar-refractivity contribution in [3.8, 4) is 0 Å². The summed E-state index contributed by atoms with van der Waals surface area (Å²) in [5, 5.41) is 16.2. The number of piperidine rings is 1. The van der Waals surface area contributed by atoms with Crippen LogP contribution in [0.4, 0.5) is 19.0 Å². The fraction of sp³-hybridized carbons (Fsp3) is 0.467. The highest BCUT2D eigenvalue weighted by Gasteiger charge is 2.34. The molecule has 1 aliphatic heterocycles. The van der Waals surface area contributed by atoms with E-state index in [0.29, 0.717) is 18.0 Å². The average Bonchev–Trinajstić information content (AvgIpc) is 3.22. The fourth-order valence-corrected chi connectivity index (χ4v) is 3.13. The van der Waals surface area contributed by atoms with E-state index in [1.807, 2.05) is 19.1 Å². The van der Waals surface area contributed by atoms with Crippen molar-refractivity contribution < 1.29 is 13.2 Å². The lowest BCUT2D eigenvalue weighted by Crippen LogP contribution is -2.37. The number of fused-ring (bicyclic) bond motifs is 1. The summed E-state index contributed by atoms with van der Waals surface area (Å²) in [6.07, 6.45) is -1.38. The van der Waals surface area contributed by atoms with E-state index < -0.39 is 11.9 Å². The van der Waals surface area contributed by atoms with E-state index in [-0.39, 0.29) is 6.04 Å². The molecule has 1 unspecified atom stereocenters. The van der Waals surface area contributed by atoms with Crippen molar-refractivity contribution in [3.63, 3.8) is 0 Å². The fourth-order valence-electron chi connectivity index (χ4n) is 3.13. The molecular weight excluding hydrogens is 335 g/mol. The van der Waals surface area contributed by atoms with Gasteiger partial charge in [-0.2, -0.15) is 22.8 Å². The van der Waals surface area contributed by atoms with Crippen molar-refractivity contribution in [3.05, 3.63) is 35.9 Å². The Morgan fingerprint density at radius 3 is 2.72 bits per heavy atom. The Morgan fingerprint density at radius 1 is 1.12 bits per heavy atom. The lowest BCUT2D eigenvalue weighted by atomic mass is 10.1. The van der Waals surface area contributed by atoms with Crippen LogP contribution in [0, 0.1) is 6.92 Å². The molecule has 0 spiro atoms. The van der Waals surface area contributed by atoms with Gasteiger partial charge in [0.15, 0.2) is 17.2 Å². The van der Waals surface area contributed by atoms with Crippen LogP contribution in [0.5, 0.6) is 0 Å². The second-order valence-electron chi connectivity index (χ2n) is 6.13. The van der Waals surface area contributed by atoms with Gasteiger partial charge in [-0.25, -0.2) is 0 Å². The van der Waals surface area contributed by atoms with Gasteiger partial charge in [-0.1, -0.05) is 0 Å². The molecule has 0 aliphatic carbocycles. The van der Waals surface area contributed by atoms with Crippen molar-refractivity contribution in [1.29, 1.82) is 0 Å². The minimum absolute atomic E-state index is 0.121. The molecule has 1 aliphatic rings. The van der Waals surface area contributed by atoms with Gasteiger partial charge in [-0.15, -0.1) is 15.3 Å². The van der Waals surface area contributed by atoms with Gasteiger partial charge in [-0.05, 0) is 38.0 Å². The first kappa shape index (κ1) is 15.9. The SMILES string of the molecule is Cc1nnc2ccc(N3CCCC(n4ccc(C(F)(F)F)n4)C3)nn12. The number of nitrogens with zero attached hydrogens (tertiary/aromatic N) is 7. The molecule has 1 fully saturated rings. The van der Waals surface area contributed by atoms with Crippen molar-refractivity contribution in [2.24, 2.45) is 0 Å². The van der Waals surface area contributed by atoms with Gasteiger partial charge in [0.1, 0.15) is 5.82 Å². The Labute approximate surface area is 141 Å². The Hall–Kier alpha value is -2.65. The van der Waals surface area contributed by atoms with E-state index in [1.165, 1.54) is 10.9 Å². The van der Waals surface area contributed by atoms with Crippen molar-refractivity contribution in [2.75, 3.05) is 18.0 Å². The van der Waals surface area contributed by atoms with Crippen LogP contribution in [0.25, 0.3) is 5.65 Å². The summed E-state index contributed by atoms with van der Waals surface area (Å²) in [5.74, 6) is 1.44. The molecule has 0 radical (unpaired) electrons. The average molecular weight is 351 g/mol. The predicted molar refractivity (Wildman–Crippen MR) is 83.2 cm³/mol. The van der Waals surface area contributed by atoms with Crippen LogP contribution < -0.4 is 4.90 Å². The topological polar surface area (TPSA) is 64.1 Å². The maximum atomic E-state index is 12.8. The standard InChI is InChI=1S/C15H16F3N7/c1-10-19-20-13-4-5-14(22-25(10)13)23-7-2-3-11(9-23)24-8-6-12(21-24)15(16,17)18/h4-6,8,11H,2-3,7,9H2,1H3. The Bertz CT molecular complexity index is 898. The quantitative estimate of drug-likeness (QED) is 0.710. The largest absolute Gasteiger partial charge is 0.435 e. The highest BCUT2D eigenvalue weighted by Crippen LogP contribution is 2.30. The van der Waals surface area contributed by atoms with E-state index in [1.54, 1.807) is 4.52 Å². The number of halogens is 3. The smallest absolute Gasteiger partial charge is 0.353 e. The van der Waals surface area contributed by atoms with Gasteiger partial charge in [-0.3, -0.25) is 4.68 Å². The van der Waals surface area contributed by atoms with E-state index >= 15 is 0 Å². The maximum absolute atomic E-state index is 12.8. The second-order valence-corrected chi connectivity index (χ2v) is 6.13. The van der Waals surface area contributed by atoms with E-state index in [4.69, 9.17) is 0 Å². The van der Waals surface area contributed by atoms with Crippen LogP contribution in [-0.2, 0) is 6.18 Å². The first-order valence-electron chi connectivity index (χ1n) is 7.98. The third-order valence-electron chi connectivity index (χ3n) is 4.40. The number of hydrogen-bond acceptors (Lipinski definition) is 5. The minimum Gasteiger partial charge on any atom is -0.353 e. The molecule has 3 aromatic rings. The summed E-state index contributed by atoms with van der Waals surface area (Å²) in [6, 6.07) is 4.59. The zero-order valence-electron chi connectivity index (χ0n) is 13.5. The number of aryl methyl sites for hydroxylation is 1. The summed E-state index contributed by atoms with van der Waals surface area (Å²) in [4.78, 5) is 2.06. The molecule has 0 aromatic carbocycles. The summed E-state index contributed by atoms with van der Waals surface area (Å²) < 4.78 is 41.3. The third-order valence-corrected chi connectivity index (χ3v) is 4.40. The number of anilines is 1. The molecule has 0 saturated carbocycles.